The smallest absolute Gasteiger partial charge is 0.426 e. The molecule has 0 aliphatic heterocycles. The van der Waals surface area contributed by atoms with Crippen LogP contribution in [0.15, 0.2) is 0 Å². The first-order chi connectivity index (χ1) is 21.8. The highest BCUT2D eigenvalue weighted by Gasteiger charge is 2.77. The highest BCUT2D eigenvalue weighted by molar-refractivity contribution is 5.76. The van der Waals surface area contributed by atoms with E-state index in [1.807, 2.05) is 0 Å². The molecule has 2 bridgehead atoms. The van der Waals surface area contributed by atoms with E-state index in [-0.39, 0.29) is 25.7 Å². The van der Waals surface area contributed by atoms with E-state index in [1.165, 1.54) is 13.8 Å². The molecule has 49 heavy (non-hydrogen) atoms. The minimum atomic E-state index is -5.92. The molecule has 3 rings (SSSR count). The van der Waals surface area contributed by atoms with Gasteiger partial charge in [-0.2, -0.15) is 52.7 Å². The van der Waals surface area contributed by atoms with E-state index in [4.69, 9.17) is 9.47 Å². The normalized spacial score (nSPS) is 27.3. The van der Waals surface area contributed by atoms with Crippen LogP contribution in [0.5, 0.6) is 0 Å². The van der Waals surface area contributed by atoms with Crippen LogP contribution in [0.2, 0.25) is 0 Å². The maximum absolute atomic E-state index is 13.1. The van der Waals surface area contributed by atoms with Gasteiger partial charge in [0, 0.05) is 11.8 Å². The van der Waals surface area contributed by atoms with Gasteiger partial charge in [0.15, 0.2) is 0 Å². The number of ether oxygens (including phenoxy) is 2. The van der Waals surface area contributed by atoms with E-state index >= 15 is 0 Å². The van der Waals surface area contributed by atoms with Crippen LogP contribution in [0, 0.1) is 34.5 Å². The van der Waals surface area contributed by atoms with Gasteiger partial charge >= 0.3 is 36.6 Å². The molecule has 2 N–H and O–H groups in total. The molecule has 18 heteroatoms. The molecule has 6 unspecified atom stereocenters. The molecule has 0 aromatic carbocycles. The fourth-order valence-electron chi connectivity index (χ4n) is 6.64. The number of carbonyl (C=O) groups is 2. The van der Waals surface area contributed by atoms with Crippen LogP contribution in [-0.2, 0) is 19.1 Å². The molecule has 3 aliphatic carbocycles. The first-order valence-corrected chi connectivity index (χ1v) is 16.0. The third-order valence-corrected chi connectivity index (χ3v) is 10.7. The largest absolute Gasteiger partial charge is 0.462 e. The van der Waals surface area contributed by atoms with E-state index in [1.54, 1.807) is 27.7 Å². The van der Waals surface area contributed by atoms with Crippen LogP contribution in [0.25, 0.3) is 0 Å². The molecule has 0 amide bonds. The van der Waals surface area contributed by atoms with Crippen LogP contribution in [0.3, 0.4) is 0 Å². The Morgan fingerprint density at radius 1 is 0.551 bits per heavy atom. The van der Waals surface area contributed by atoms with Crippen LogP contribution in [0.1, 0.15) is 99.3 Å². The summed E-state index contributed by atoms with van der Waals surface area (Å²) in [5.41, 5.74) is -11.4. The number of hydrogen-bond acceptors (Lipinski definition) is 6. The summed E-state index contributed by atoms with van der Waals surface area (Å²) < 4.78 is 167. The molecular weight excluding hydrogens is 696 g/mol. The maximum atomic E-state index is 13.1. The van der Waals surface area contributed by atoms with Crippen molar-refractivity contribution in [2.24, 2.45) is 34.5 Å². The van der Waals surface area contributed by atoms with Gasteiger partial charge in [-0.1, -0.05) is 20.3 Å². The molecule has 0 spiro atoms. The van der Waals surface area contributed by atoms with Crippen molar-refractivity contribution in [3.63, 3.8) is 0 Å². The lowest BCUT2D eigenvalue weighted by atomic mass is 9.73. The van der Waals surface area contributed by atoms with Crippen molar-refractivity contribution in [3.8, 4) is 0 Å². The summed E-state index contributed by atoms with van der Waals surface area (Å²) in [5, 5.41) is 19.2. The lowest BCUT2D eigenvalue weighted by molar-refractivity contribution is -0.393. The lowest BCUT2D eigenvalue weighted by Gasteiger charge is -2.44. The summed E-state index contributed by atoms with van der Waals surface area (Å²) in [7, 11) is 0. The molecule has 3 fully saturated rings. The summed E-state index contributed by atoms with van der Waals surface area (Å²) in [6, 6.07) is 0. The summed E-state index contributed by atoms with van der Waals surface area (Å²) in [6.45, 7) is 9.75. The minimum absolute atomic E-state index is 0.0869. The van der Waals surface area contributed by atoms with Crippen molar-refractivity contribution in [2.45, 2.75) is 147 Å². The Morgan fingerprint density at radius 2 is 0.918 bits per heavy atom. The van der Waals surface area contributed by atoms with Gasteiger partial charge in [-0.05, 0) is 90.9 Å². The second kappa shape index (κ2) is 14.2. The predicted molar refractivity (Wildman–Crippen MR) is 148 cm³/mol. The van der Waals surface area contributed by atoms with Crippen molar-refractivity contribution in [2.75, 3.05) is 0 Å². The number of aliphatic hydroxyl groups is 2. The van der Waals surface area contributed by atoms with Crippen LogP contribution in [-0.4, -0.2) is 70.3 Å². The Bertz CT molecular complexity index is 1130. The third kappa shape index (κ3) is 8.40. The van der Waals surface area contributed by atoms with E-state index in [0.717, 1.165) is 0 Å². The zero-order chi connectivity index (χ0) is 38.4. The van der Waals surface area contributed by atoms with Gasteiger partial charge in [0.05, 0.1) is 10.8 Å². The Hall–Kier alpha value is -1.98. The van der Waals surface area contributed by atoms with Crippen molar-refractivity contribution in [1.29, 1.82) is 0 Å². The van der Waals surface area contributed by atoms with Gasteiger partial charge in [-0.15, -0.1) is 0 Å². The van der Waals surface area contributed by atoms with E-state index in [9.17, 15) is 72.5 Å². The second-order valence-electron chi connectivity index (χ2n) is 14.6. The molecule has 0 heterocycles. The van der Waals surface area contributed by atoms with Crippen molar-refractivity contribution < 1.29 is 82.0 Å². The molecule has 3 saturated carbocycles. The Morgan fingerprint density at radius 3 is 1.27 bits per heavy atom. The zero-order valence-corrected chi connectivity index (χ0v) is 27.9. The maximum Gasteiger partial charge on any atom is 0.426 e. The molecule has 3 aliphatic rings. The van der Waals surface area contributed by atoms with Gasteiger partial charge in [0.2, 0.25) is 0 Å². The number of fused-ring (bicyclic) bond motifs is 2. The van der Waals surface area contributed by atoms with Crippen LogP contribution in [0.4, 0.5) is 52.7 Å². The average Bonchev–Trinajstić information content (AvgIpc) is 3.55. The number of alkyl halides is 12. The minimum Gasteiger partial charge on any atom is -0.462 e. The van der Waals surface area contributed by atoms with E-state index in [0.29, 0.717) is 19.3 Å². The predicted octanol–water partition coefficient (Wildman–Crippen LogP) is 8.62. The highest BCUT2D eigenvalue weighted by Crippen LogP contribution is 2.60. The number of carbonyl (C=O) groups excluding carboxylic acids is 2. The standard InChI is InChI=1S/C16H22F6O3.C15H22F6O3/c1-4-13(2,3)12(23)25-11-7-8-5-9(11)6-10(8)14(24,15(17,18)19)16(20,21)22;1-4-12(2,3)11(22)24-10-8-6-5-7-9(10)13(23,14(16,17)18)15(19,20)21/h8-11,24H,4-7H2,1-3H3;9-10,23H,4-8H2,1-3H3. The first kappa shape index (κ1) is 43.2. The second-order valence-corrected chi connectivity index (χ2v) is 14.6. The van der Waals surface area contributed by atoms with Crippen LogP contribution >= 0.6 is 0 Å². The highest BCUT2D eigenvalue weighted by atomic mass is 19.4. The molecule has 0 aromatic rings. The van der Waals surface area contributed by atoms with Crippen molar-refractivity contribution in [3.05, 3.63) is 0 Å². The molecule has 0 aromatic heterocycles. The Labute approximate surface area is 276 Å². The summed E-state index contributed by atoms with van der Waals surface area (Å²) in [6.07, 6.45) is -25.7. The van der Waals surface area contributed by atoms with E-state index in [2.05, 4.69) is 0 Å². The van der Waals surface area contributed by atoms with Gasteiger partial charge < -0.3 is 19.7 Å². The van der Waals surface area contributed by atoms with Gasteiger partial charge in [0.1, 0.15) is 12.2 Å². The number of rotatable bonds is 8. The van der Waals surface area contributed by atoms with Gasteiger partial charge in [0.25, 0.3) is 11.2 Å². The van der Waals surface area contributed by atoms with Gasteiger partial charge in [-0.3, -0.25) is 9.59 Å². The zero-order valence-electron chi connectivity index (χ0n) is 27.9. The fraction of sp³-hybridized carbons (Fsp3) is 0.935. The number of halogens is 12. The van der Waals surface area contributed by atoms with Crippen LogP contribution < -0.4 is 0 Å². The lowest BCUT2D eigenvalue weighted by Crippen LogP contribution is -2.65. The SMILES string of the molecule is CCC(C)(C)C(=O)OC1CC2CC1CC2C(O)(C(F)(F)F)C(F)(F)F.CCC(C)(C)C(=O)OC1CCCCC1C(O)(C(F)(F)F)C(F)(F)F. The number of esters is 2. The molecule has 6 atom stereocenters. The Balaban J connectivity index is 0.000000341. The van der Waals surface area contributed by atoms with E-state index < -0.39 is 107 Å². The summed E-state index contributed by atoms with van der Waals surface area (Å²) in [5.74, 6) is -7.20. The summed E-state index contributed by atoms with van der Waals surface area (Å²) >= 11 is 0. The monoisotopic (exact) mass is 740 g/mol. The average molecular weight is 741 g/mol. The third-order valence-electron chi connectivity index (χ3n) is 10.7. The first-order valence-electron chi connectivity index (χ1n) is 16.0. The Kier molecular flexibility index (Phi) is 12.5. The van der Waals surface area contributed by atoms with Crippen molar-refractivity contribution >= 4 is 11.9 Å². The molecule has 288 valence electrons. The summed E-state index contributed by atoms with van der Waals surface area (Å²) in [4.78, 5) is 24.2. The number of hydrogen-bond donors (Lipinski definition) is 2. The van der Waals surface area contributed by atoms with Gasteiger partial charge in [-0.25, -0.2) is 0 Å². The molecule has 0 radical (unpaired) electrons. The topological polar surface area (TPSA) is 93.1 Å². The quantitative estimate of drug-likeness (QED) is 0.191. The molecule has 6 nitrogen and oxygen atoms in total. The molecular formula is C31H44F12O6. The van der Waals surface area contributed by atoms with Crippen molar-refractivity contribution in [1.82, 2.24) is 0 Å². The fourth-order valence-corrected chi connectivity index (χ4v) is 6.64. The molecule has 0 saturated heterocycles.